The maximum absolute atomic E-state index is 13.0. The quantitative estimate of drug-likeness (QED) is 0.609. The van der Waals surface area contributed by atoms with Crippen LogP contribution in [0.25, 0.3) is 11.3 Å². The molecule has 0 atom stereocenters. The fourth-order valence-corrected chi connectivity index (χ4v) is 4.98. The molecule has 0 saturated heterocycles. The first-order valence-corrected chi connectivity index (χ1v) is 10.6. The summed E-state index contributed by atoms with van der Waals surface area (Å²) in [5.41, 5.74) is 3.38. The first-order valence-electron chi connectivity index (χ1n) is 8.39. The lowest BCUT2D eigenvalue weighted by Crippen LogP contribution is -2.35. The standard InChI is InChI=1S/C20H17BrN2O2S/c21-16-10-8-15(9-11-16)18-12-13-20-19(22-18)7-4-14-23(20)26(24,25)17-5-2-1-3-6-17/h1-3,5-6,8-13H,4,7,14H2. The van der Waals surface area contributed by atoms with Crippen LogP contribution in [0.2, 0.25) is 0 Å². The third kappa shape index (κ3) is 3.15. The van der Waals surface area contributed by atoms with Crippen LogP contribution in [0.1, 0.15) is 12.1 Å². The number of hydrogen-bond donors (Lipinski definition) is 0. The number of rotatable bonds is 3. The largest absolute Gasteiger partial charge is 0.264 e. The van der Waals surface area contributed by atoms with Crippen molar-refractivity contribution in [1.82, 2.24) is 4.98 Å². The van der Waals surface area contributed by atoms with Crippen molar-refractivity contribution >= 4 is 31.6 Å². The van der Waals surface area contributed by atoms with Crippen LogP contribution in [-0.2, 0) is 16.4 Å². The number of sulfonamides is 1. The molecule has 3 aromatic rings. The Morgan fingerprint density at radius 2 is 1.65 bits per heavy atom. The summed E-state index contributed by atoms with van der Waals surface area (Å²) in [6.45, 7) is 0.476. The molecule has 0 N–H and O–H groups in total. The third-order valence-electron chi connectivity index (χ3n) is 4.46. The van der Waals surface area contributed by atoms with E-state index in [4.69, 9.17) is 4.98 Å². The Morgan fingerprint density at radius 1 is 0.923 bits per heavy atom. The van der Waals surface area contributed by atoms with Gasteiger partial charge in [-0.25, -0.2) is 8.42 Å². The van der Waals surface area contributed by atoms with E-state index in [1.807, 2.05) is 42.5 Å². The highest BCUT2D eigenvalue weighted by molar-refractivity contribution is 9.10. The minimum Gasteiger partial charge on any atom is -0.264 e. The number of aryl methyl sites for hydroxylation is 1. The molecule has 0 aliphatic carbocycles. The number of fused-ring (bicyclic) bond motifs is 1. The summed E-state index contributed by atoms with van der Waals surface area (Å²) in [6, 6.07) is 20.3. The first kappa shape index (κ1) is 17.2. The summed E-state index contributed by atoms with van der Waals surface area (Å²) in [5, 5.41) is 0. The van der Waals surface area contributed by atoms with E-state index in [2.05, 4.69) is 15.9 Å². The van der Waals surface area contributed by atoms with E-state index in [1.165, 1.54) is 4.31 Å². The van der Waals surface area contributed by atoms with Gasteiger partial charge in [-0.15, -0.1) is 0 Å². The summed E-state index contributed by atoms with van der Waals surface area (Å²) < 4.78 is 28.6. The third-order valence-corrected chi connectivity index (χ3v) is 6.82. The van der Waals surface area contributed by atoms with Crippen LogP contribution in [0.15, 0.2) is 76.1 Å². The average Bonchev–Trinajstić information content (AvgIpc) is 2.68. The highest BCUT2D eigenvalue weighted by Gasteiger charge is 2.29. The van der Waals surface area contributed by atoms with Crippen molar-refractivity contribution in [2.45, 2.75) is 17.7 Å². The molecule has 0 amide bonds. The van der Waals surface area contributed by atoms with Gasteiger partial charge in [-0.1, -0.05) is 46.3 Å². The van der Waals surface area contributed by atoms with Gasteiger partial charge in [-0.2, -0.15) is 0 Å². The molecule has 1 aromatic heterocycles. The van der Waals surface area contributed by atoms with Crippen LogP contribution >= 0.6 is 15.9 Å². The molecule has 0 radical (unpaired) electrons. The molecule has 0 spiro atoms. The molecule has 0 saturated carbocycles. The first-order chi connectivity index (χ1) is 12.6. The van der Waals surface area contributed by atoms with Crippen LogP contribution in [0.5, 0.6) is 0 Å². The predicted molar refractivity (Wildman–Crippen MR) is 107 cm³/mol. The van der Waals surface area contributed by atoms with Crippen LogP contribution < -0.4 is 4.31 Å². The summed E-state index contributed by atoms with van der Waals surface area (Å²) in [4.78, 5) is 5.06. The fraction of sp³-hybridized carbons (Fsp3) is 0.150. The van der Waals surface area contributed by atoms with Gasteiger partial charge in [0.2, 0.25) is 0 Å². The summed E-state index contributed by atoms with van der Waals surface area (Å²) in [5.74, 6) is 0. The van der Waals surface area contributed by atoms with Crippen molar-refractivity contribution < 1.29 is 8.42 Å². The van der Waals surface area contributed by atoms with E-state index in [0.29, 0.717) is 17.1 Å². The lowest BCUT2D eigenvalue weighted by atomic mass is 10.1. The van der Waals surface area contributed by atoms with Crippen LogP contribution in [-0.4, -0.2) is 19.9 Å². The molecule has 26 heavy (non-hydrogen) atoms. The molecule has 0 fully saturated rings. The minimum atomic E-state index is -3.57. The van der Waals surface area contributed by atoms with Crippen molar-refractivity contribution in [2.24, 2.45) is 0 Å². The highest BCUT2D eigenvalue weighted by atomic mass is 79.9. The van der Waals surface area contributed by atoms with Crippen molar-refractivity contribution in [1.29, 1.82) is 0 Å². The van der Waals surface area contributed by atoms with Gasteiger partial charge in [0, 0.05) is 16.6 Å². The van der Waals surface area contributed by atoms with Crippen LogP contribution in [0.3, 0.4) is 0 Å². The molecule has 1 aliphatic heterocycles. The molecule has 2 aromatic carbocycles. The van der Waals surface area contributed by atoms with Crippen LogP contribution in [0, 0.1) is 0 Å². The summed E-state index contributed by atoms with van der Waals surface area (Å²) in [6.07, 6.45) is 1.54. The number of hydrogen-bond acceptors (Lipinski definition) is 3. The van der Waals surface area contributed by atoms with E-state index < -0.39 is 10.0 Å². The Balaban J connectivity index is 1.74. The van der Waals surface area contributed by atoms with Gasteiger partial charge in [-0.3, -0.25) is 9.29 Å². The van der Waals surface area contributed by atoms with Crippen LogP contribution in [0.4, 0.5) is 5.69 Å². The van der Waals surface area contributed by atoms with E-state index in [0.717, 1.165) is 34.3 Å². The van der Waals surface area contributed by atoms with Crippen molar-refractivity contribution in [3.05, 3.63) is 76.9 Å². The van der Waals surface area contributed by atoms with Gasteiger partial charge in [0.15, 0.2) is 0 Å². The molecule has 6 heteroatoms. The second kappa shape index (κ2) is 6.85. The van der Waals surface area contributed by atoms with Gasteiger partial charge in [0.1, 0.15) is 0 Å². The monoisotopic (exact) mass is 428 g/mol. The second-order valence-electron chi connectivity index (χ2n) is 6.16. The number of pyridine rings is 1. The molecule has 132 valence electrons. The summed E-state index contributed by atoms with van der Waals surface area (Å²) in [7, 11) is -3.57. The zero-order chi connectivity index (χ0) is 18.1. The molecule has 1 aliphatic rings. The average molecular weight is 429 g/mol. The van der Waals surface area contributed by atoms with Gasteiger partial charge < -0.3 is 0 Å². The number of anilines is 1. The number of nitrogens with zero attached hydrogens (tertiary/aromatic N) is 2. The number of halogens is 1. The Morgan fingerprint density at radius 3 is 2.38 bits per heavy atom. The zero-order valence-electron chi connectivity index (χ0n) is 14.0. The van der Waals surface area contributed by atoms with Gasteiger partial charge in [-0.05, 0) is 49.2 Å². The predicted octanol–water partition coefficient (Wildman–Crippen LogP) is 4.65. The minimum absolute atomic E-state index is 0.310. The maximum atomic E-state index is 13.0. The molecule has 4 rings (SSSR count). The smallest absolute Gasteiger partial charge is 0.264 e. The number of benzene rings is 2. The summed E-state index contributed by atoms with van der Waals surface area (Å²) >= 11 is 3.44. The topological polar surface area (TPSA) is 50.3 Å². The Kier molecular flexibility index (Phi) is 4.54. The molecular formula is C20H17BrN2O2S. The highest BCUT2D eigenvalue weighted by Crippen LogP contribution is 2.33. The lowest BCUT2D eigenvalue weighted by Gasteiger charge is -2.30. The lowest BCUT2D eigenvalue weighted by molar-refractivity contribution is 0.586. The van der Waals surface area contributed by atoms with Crippen molar-refractivity contribution in [3.63, 3.8) is 0 Å². The zero-order valence-corrected chi connectivity index (χ0v) is 16.4. The Bertz CT molecular complexity index is 1040. The maximum Gasteiger partial charge on any atom is 0.264 e. The molecule has 2 heterocycles. The van der Waals surface area contributed by atoms with E-state index in [-0.39, 0.29) is 0 Å². The van der Waals surface area contributed by atoms with Gasteiger partial charge >= 0.3 is 0 Å². The fourth-order valence-electron chi connectivity index (χ4n) is 3.17. The molecule has 0 bridgehead atoms. The Hall–Kier alpha value is -2.18. The molecule has 0 unspecified atom stereocenters. The van der Waals surface area contributed by atoms with Gasteiger partial charge in [0.05, 0.1) is 22.0 Å². The number of aromatic nitrogens is 1. The van der Waals surface area contributed by atoms with E-state index in [9.17, 15) is 8.42 Å². The van der Waals surface area contributed by atoms with Crippen molar-refractivity contribution in [2.75, 3.05) is 10.8 Å². The van der Waals surface area contributed by atoms with E-state index in [1.54, 1.807) is 24.3 Å². The SMILES string of the molecule is O=S(=O)(c1ccccc1)N1CCCc2nc(-c3ccc(Br)cc3)ccc21. The van der Waals surface area contributed by atoms with E-state index >= 15 is 0 Å². The molecular weight excluding hydrogens is 412 g/mol. The van der Waals surface area contributed by atoms with Gasteiger partial charge in [0.25, 0.3) is 10.0 Å². The van der Waals surface area contributed by atoms with Crippen molar-refractivity contribution in [3.8, 4) is 11.3 Å². The second-order valence-corrected chi connectivity index (χ2v) is 8.94. The normalized spacial score (nSPS) is 14.1. The Labute approximate surface area is 161 Å². The molecule has 4 nitrogen and oxygen atoms in total.